The Morgan fingerprint density at radius 1 is 1.04 bits per heavy atom. The molecule has 1 aliphatic heterocycles. The van der Waals surface area contributed by atoms with Crippen LogP contribution in [-0.4, -0.2) is 38.7 Å². The molecule has 2 aromatic carbocycles. The topological polar surface area (TPSA) is 51.0 Å². The normalized spacial score (nSPS) is 15.0. The molecule has 3 aromatic rings. The molecule has 1 aromatic heterocycles. The van der Waals surface area contributed by atoms with Crippen molar-refractivity contribution >= 4 is 5.91 Å². The van der Waals surface area contributed by atoms with Gasteiger partial charge in [-0.1, -0.05) is 36.4 Å². The van der Waals surface area contributed by atoms with Gasteiger partial charge in [0.2, 0.25) is 5.91 Å². The summed E-state index contributed by atoms with van der Waals surface area (Å²) in [6.07, 6.45) is 4.55. The molecule has 0 spiro atoms. The molecule has 0 atom stereocenters. The summed E-state index contributed by atoms with van der Waals surface area (Å²) in [5.74, 6) is 1.09. The van der Waals surface area contributed by atoms with Crippen LogP contribution in [0.3, 0.4) is 0 Å². The quantitative estimate of drug-likeness (QED) is 0.683. The Morgan fingerprint density at radius 3 is 2.50 bits per heavy atom. The molecule has 4 rings (SSSR count). The summed E-state index contributed by atoms with van der Waals surface area (Å²) < 4.78 is 15.8. The lowest BCUT2D eigenvalue weighted by molar-refractivity contribution is -0.131. The van der Waals surface area contributed by atoms with Crippen molar-refractivity contribution in [1.82, 2.24) is 19.7 Å². The number of benzene rings is 2. The number of halogens is 1. The largest absolute Gasteiger partial charge is 0.342 e. The number of carbonyl (C=O) groups excluding carboxylic acids is 1. The van der Waals surface area contributed by atoms with Crippen molar-refractivity contribution in [1.29, 1.82) is 0 Å². The third kappa shape index (κ3) is 4.11. The molecule has 1 saturated heterocycles. The van der Waals surface area contributed by atoms with Gasteiger partial charge in [0.1, 0.15) is 18.0 Å². The Labute approximate surface area is 163 Å². The van der Waals surface area contributed by atoms with Crippen molar-refractivity contribution < 1.29 is 9.18 Å². The Hall–Kier alpha value is -3.02. The number of hydrogen-bond donors (Lipinski definition) is 0. The van der Waals surface area contributed by atoms with Crippen LogP contribution in [0.15, 0.2) is 60.9 Å². The van der Waals surface area contributed by atoms with E-state index >= 15 is 0 Å². The smallest absolute Gasteiger partial charge is 0.227 e. The first-order chi connectivity index (χ1) is 13.7. The molecule has 0 aliphatic carbocycles. The van der Waals surface area contributed by atoms with Crippen molar-refractivity contribution in [3.63, 3.8) is 0 Å². The molecular formula is C22H23FN4O. The first-order valence-electron chi connectivity index (χ1n) is 9.66. The van der Waals surface area contributed by atoms with E-state index in [1.165, 1.54) is 6.07 Å². The van der Waals surface area contributed by atoms with E-state index in [4.69, 9.17) is 0 Å². The van der Waals surface area contributed by atoms with Crippen molar-refractivity contribution in [2.45, 2.75) is 25.7 Å². The average molecular weight is 378 g/mol. The van der Waals surface area contributed by atoms with E-state index in [1.807, 2.05) is 39.8 Å². The molecule has 144 valence electrons. The van der Waals surface area contributed by atoms with Crippen LogP contribution in [0.2, 0.25) is 0 Å². The Bertz CT molecular complexity index is 932. The highest BCUT2D eigenvalue weighted by molar-refractivity contribution is 5.78. The molecule has 0 N–H and O–H groups in total. The van der Waals surface area contributed by atoms with Crippen molar-refractivity contribution in [3.05, 3.63) is 78.1 Å². The molecule has 5 nitrogen and oxygen atoms in total. The summed E-state index contributed by atoms with van der Waals surface area (Å²) in [7, 11) is 0. The summed E-state index contributed by atoms with van der Waals surface area (Å²) in [4.78, 5) is 14.4. The van der Waals surface area contributed by atoms with Gasteiger partial charge in [0.05, 0.1) is 6.42 Å². The predicted molar refractivity (Wildman–Crippen MR) is 104 cm³/mol. The number of hydrogen-bond acceptors (Lipinski definition) is 3. The fraction of sp³-hybridized carbons (Fsp3) is 0.318. The van der Waals surface area contributed by atoms with E-state index in [0.29, 0.717) is 24.6 Å². The summed E-state index contributed by atoms with van der Waals surface area (Å²) in [6.45, 7) is 1.41. The fourth-order valence-corrected chi connectivity index (χ4v) is 3.76. The fourth-order valence-electron chi connectivity index (χ4n) is 3.76. The SMILES string of the molecule is O=C(Cc1ccccc1F)N1CCC(Cc2nncn2-c2ccccc2)CC1. The van der Waals surface area contributed by atoms with E-state index in [2.05, 4.69) is 10.2 Å². The minimum atomic E-state index is -0.314. The molecule has 1 fully saturated rings. The predicted octanol–water partition coefficient (Wildman–Crippen LogP) is 3.43. The van der Waals surface area contributed by atoms with Crippen LogP contribution in [0.1, 0.15) is 24.2 Å². The number of piperidine rings is 1. The summed E-state index contributed by atoms with van der Waals surface area (Å²) >= 11 is 0. The van der Waals surface area contributed by atoms with Crippen LogP contribution in [0.25, 0.3) is 5.69 Å². The van der Waals surface area contributed by atoms with Crippen LogP contribution in [0, 0.1) is 11.7 Å². The molecule has 0 unspecified atom stereocenters. The van der Waals surface area contributed by atoms with Gasteiger partial charge in [-0.15, -0.1) is 10.2 Å². The minimum Gasteiger partial charge on any atom is -0.342 e. The van der Waals surface area contributed by atoms with Crippen LogP contribution >= 0.6 is 0 Å². The van der Waals surface area contributed by atoms with E-state index in [9.17, 15) is 9.18 Å². The van der Waals surface area contributed by atoms with Gasteiger partial charge in [-0.2, -0.15) is 0 Å². The Morgan fingerprint density at radius 2 is 1.75 bits per heavy atom. The molecule has 6 heteroatoms. The van der Waals surface area contributed by atoms with E-state index in [-0.39, 0.29) is 18.1 Å². The number of amides is 1. The molecule has 0 radical (unpaired) electrons. The van der Waals surface area contributed by atoms with Gasteiger partial charge in [-0.25, -0.2) is 4.39 Å². The monoisotopic (exact) mass is 378 g/mol. The zero-order valence-electron chi connectivity index (χ0n) is 15.7. The second-order valence-electron chi connectivity index (χ2n) is 7.25. The minimum absolute atomic E-state index is 0.00370. The highest BCUT2D eigenvalue weighted by atomic mass is 19.1. The first kappa shape index (κ1) is 18.3. The lowest BCUT2D eigenvalue weighted by Crippen LogP contribution is -2.40. The number of carbonyl (C=O) groups is 1. The number of likely N-dealkylation sites (tertiary alicyclic amines) is 1. The number of para-hydroxylation sites is 1. The molecular weight excluding hydrogens is 355 g/mol. The van der Waals surface area contributed by atoms with Crippen LogP contribution in [-0.2, 0) is 17.6 Å². The van der Waals surface area contributed by atoms with Crippen molar-refractivity contribution in [2.75, 3.05) is 13.1 Å². The highest BCUT2D eigenvalue weighted by Gasteiger charge is 2.25. The summed E-state index contributed by atoms with van der Waals surface area (Å²) in [5, 5.41) is 8.37. The van der Waals surface area contributed by atoms with Crippen molar-refractivity contribution in [2.24, 2.45) is 5.92 Å². The Kier molecular flexibility index (Phi) is 5.46. The zero-order chi connectivity index (χ0) is 19.3. The molecule has 2 heterocycles. The maximum Gasteiger partial charge on any atom is 0.227 e. The van der Waals surface area contributed by atoms with Crippen LogP contribution in [0.5, 0.6) is 0 Å². The van der Waals surface area contributed by atoms with E-state index in [0.717, 1.165) is 30.8 Å². The standard InChI is InChI=1S/C22H23FN4O/c23-20-9-5-4-6-18(20)15-22(28)26-12-10-17(11-13-26)14-21-25-24-16-27(21)19-7-2-1-3-8-19/h1-9,16-17H,10-15H2. The third-order valence-electron chi connectivity index (χ3n) is 5.39. The third-order valence-corrected chi connectivity index (χ3v) is 5.39. The van der Waals surface area contributed by atoms with Gasteiger partial charge >= 0.3 is 0 Å². The molecule has 1 amide bonds. The van der Waals surface area contributed by atoms with Crippen molar-refractivity contribution in [3.8, 4) is 5.69 Å². The summed E-state index contributed by atoms with van der Waals surface area (Å²) in [6, 6.07) is 16.5. The van der Waals surface area contributed by atoms with E-state index < -0.39 is 0 Å². The molecule has 0 bridgehead atoms. The average Bonchev–Trinajstić information content (AvgIpc) is 3.19. The molecule has 1 aliphatic rings. The second-order valence-corrected chi connectivity index (χ2v) is 7.25. The zero-order valence-corrected chi connectivity index (χ0v) is 15.7. The lowest BCUT2D eigenvalue weighted by Gasteiger charge is -2.32. The maximum atomic E-state index is 13.8. The van der Waals surface area contributed by atoms with Gasteiger partial charge in [-0.05, 0) is 42.5 Å². The molecule has 28 heavy (non-hydrogen) atoms. The first-order valence-corrected chi connectivity index (χ1v) is 9.66. The van der Waals surface area contributed by atoms with Gasteiger partial charge in [0.15, 0.2) is 0 Å². The van der Waals surface area contributed by atoms with Crippen LogP contribution < -0.4 is 0 Å². The maximum absolute atomic E-state index is 13.8. The van der Waals surface area contributed by atoms with Gasteiger partial charge in [0, 0.05) is 25.2 Å². The van der Waals surface area contributed by atoms with Gasteiger partial charge in [-0.3, -0.25) is 9.36 Å². The van der Waals surface area contributed by atoms with Gasteiger partial charge < -0.3 is 4.90 Å². The highest BCUT2D eigenvalue weighted by Crippen LogP contribution is 2.23. The second kappa shape index (κ2) is 8.33. The van der Waals surface area contributed by atoms with Crippen LogP contribution in [0.4, 0.5) is 4.39 Å². The number of aromatic nitrogens is 3. The summed E-state index contributed by atoms with van der Waals surface area (Å²) in [5.41, 5.74) is 1.52. The van der Waals surface area contributed by atoms with E-state index in [1.54, 1.807) is 24.5 Å². The molecule has 0 saturated carbocycles. The number of nitrogens with zero attached hydrogens (tertiary/aromatic N) is 4. The Balaban J connectivity index is 1.33. The van der Waals surface area contributed by atoms with Gasteiger partial charge in [0.25, 0.3) is 0 Å². The lowest BCUT2D eigenvalue weighted by atomic mass is 9.93. The number of rotatable bonds is 5.